The minimum absolute atomic E-state index is 0.00640. The number of carbonyl (C=O) groups is 3. The van der Waals surface area contributed by atoms with Crippen molar-refractivity contribution in [2.45, 2.75) is 64.8 Å². The summed E-state index contributed by atoms with van der Waals surface area (Å²) in [6.45, 7) is 4.23. The number of nitrogen functional groups attached to an aromatic ring is 1. The molecule has 1 fully saturated rings. The summed E-state index contributed by atoms with van der Waals surface area (Å²) in [6.07, 6.45) is -5.57. The molecule has 0 aromatic carbocycles. The van der Waals surface area contributed by atoms with E-state index in [-0.39, 0.29) is 47.6 Å². The Hall–Kier alpha value is -2.70. The summed E-state index contributed by atoms with van der Waals surface area (Å²) in [7, 11) is -16.5. The van der Waals surface area contributed by atoms with Crippen LogP contribution in [0.5, 0.6) is 0 Å². The number of ether oxygens (including phenoxy) is 1. The van der Waals surface area contributed by atoms with Gasteiger partial charge in [0, 0.05) is 30.7 Å². The first-order valence-corrected chi connectivity index (χ1v) is 21.3. The molecule has 3 heterocycles. The zero-order valence-electron chi connectivity index (χ0n) is 29.8. The smallest absolute Gasteiger partial charge is 0.386 e. The number of aliphatic hydroxyl groups excluding tert-OH is 2. The summed E-state index contributed by atoms with van der Waals surface area (Å²) in [5.41, 5.74) is 4.14. The maximum atomic E-state index is 12.7. The van der Waals surface area contributed by atoms with Crippen molar-refractivity contribution in [2.24, 2.45) is 11.3 Å². The molecule has 1 aliphatic heterocycles. The molecule has 10 N–H and O–H groups in total. The minimum atomic E-state index is -5.61. The monoisotopic (exact) mass is 863 g/mol. The highest BCUT2D eigenvalue weighted by atomic mass is 32.1. The summed E-state index contributed by atoms with van der Waals surface area (Å²) in [4.78, 5) is 88.3. The largest absolute Gasteiger partial charge is 0.481 e. The van der Waals surface area contributed by atoms with Crippen molar-refractivity contribution in [2.75, 3.05) is 37.8 Å². The molecule has 7 atom stereocenters. The van der Waals surface area contributed by atoms with E-state index in [4.69, 9.17) is 19.5 Å². The summed E-state index contributed by atoms with van der Waals surface area (Å²) in [5, 5.41) is 26.4. The molecule has 0 saturated carbocycles. The lowest BCUT2D eigenvalue weighted by atomic mass is 9.87. The Labute approximate surface area is 319 Å². The third-order valence-corrected chi connectivity index (χ3v) is 10.7. The number of hydrogen-bond donors (Lipinski definition) is 10. The van der Waals surface area contributed by atoms with Crippen molar-refractivity contribution < 1.29 is 80.5 Å². The number of nitrogens with two attached hydrogens (primary N) is 1. The topological polar surface area (TPSA) is 364 Å². The van der Waals surface area contributed by atoms with Crippen LogP contribution in [0.2, 0.25) is 0 Å². The number of amides is 2. The van der Waals surface area contributed by atoms with E-state index in [1.807, 2.05) is 13.8 Å². The second-order valence-electron chi connectivity index (χ2n) is 12.9. The third-order valence-electron chi connectivity index (χ3n) is 7.43. The number of aliphatic hydroxyl groups is 2. The van der Waals surface area contributed by atoms with E-state index in [0.29, 0.717) is 12.3 Å². The Morgan fingerprint density at radius 3 is 2.36 bits per heavy atom. The quantitative estimate of drug-likeness (QED) is 0.0334. The first-order valence-electron chi connectivity index (χ1n) is 16.2. The van der Waals surface area contributed by atoms with Crippen LogP contribution in [0, 0.1) is 11.3 Å². The molecule has 2 aromatic rings. The Balaban J connectivity index is 1.70. The molecule has 1 aliphatic rings. The van der Waals surface area contributed by atoms with E-state index in [1.54, 1.807) is 6.08 Å². The number of hydrogen-bond acceptors (Lipinski definition) is 18. The van der Waals surface area contributed by atoms with E-state index in [0.717, 1.165) is 10.9 Å². The van der Waals surface area contributed by atoms with Gasteiger partial charge in [0.15, 0.2) is 17.7 Å². The van der Waals surface area contributed by atoms with Gasteiger partial charge in [0.2, 0.25) is 23.4 Å². The molecule has 2 aromatic heterocycles. The van der Waals surface area contributed by atoms with Gasteiger partial charge in [-0.05, 0) is 12.0 Å². The Morgan fingerprint density at radius 1 is 1.09 bits per heavy atom. The zero-order valence-corrected chi connectivity index (χ0v) is 33.3. The summed E-state index contributed by atoms with van der Waals surface area (Å²) in [6, 6.07) is 0. The van der Waals surface area contributed by atoms with E-state index < -0.39 is 84.4 Å². The SMILES string of the molecule is CC(C)C=CC(=O)c1nc(N)c2ncn([C@@H]3O[C@H](COP(=O)(O)OP(=O)(O)OCC(C)(C)C(O)C(=O)NCCC(=O)NCCS)[C@@H](OP(=O)(O)O)[C@H]3O)c2n1. The number of imidazole rings is 1. The van der Waals surface area contributed by atoms with Gasteiger partial charge in [-0.1, -0.05) is 33.8 Å². The molecule has 3 unspecified atom stereocenters. The first kappa shape index (κ1) is 46.7. The molecule has 0 bridgehead atoms. The normalized spacial score (nSPS) is 22.1. The minimum Gasteiger partial charge on any atom is -0.386 e. The van der Waals surface area contributed by atoms with Crippen LogP contribution in [0.3, 0.4) is 0 Å². The molecule has 3 rings (SSSR count). The van der Waals surface area contributed by atoms with Gasteiger partial charge in [0.1, 0.15) is 29.9 Å². The number of nitrogens with one attached hydrogen (secondary N) is 2. The van der Waals surface area contributed by atoms with E-state index in [2.05, 4.69) is 47.0 Å². The number of phosphoric ester groups is 3. The molecule has 0 spiro atoms. The van der Waals surface area contributed by atoms with Crippen LogP contribution in [0.1, 0.15) is 51.0 Å². The van der Waals surface area contributed by atoms with E-state index in [1.165, 1.54) is 19.9 Å². The fraction of sp³-hybridized carbons (Fsp3) is 0.630. The van der Waals surface area contributed by atoms with E-state index >= 15 is 0 Å². The molecule has 2 amide bonds. The molecule has 1 saturated heterocycles. The average molecular weight is 864 g/mol. The number of aromatic nitrogens is 4. The van der Waals surface area contributed by atoms with Crippen LogP contribution in [0.15, 0.2) is 18.5 Å². The lowest BCUT2D eigenvalue weighted by Gasteiger charge is -2.30. The maximum absolute atomic E-state index is 12.7. The number of rotatable bonds is 21. The van der Waals surface area contributed by atoms with Gasteiger partial charge < -0.3 is 50.9 Å². The summed E-state index contributed by atoms with van der Waals surface area (Å²) >= 11 is 3.95. The highest BCUT2D eigenvalue weighted by molar-refractivity contribution is 7.80. The van der Waals surface area contributed by atoms with Crippen LogP contribution in [-0.2, 0) is 45.9 Å². The molecule has 24 nitrogen and oxygen atoms in total. The van der Waals surface area contributed by atoms with Crippen LogP contribution < -0.4 is 16.4 Å². The predicted octanol–water partition coefficient (Wildman–Crippen LogP) is -0.270. The van der Waals surface area contributed by atoms with Crippen LogP contribution in [0.25, 0.3) is 11.2 Å². The van der Waals surface area contributed by atoms with Crippen molar-refractivity contribution in [1.82, 2.24) is 30.2 Å². The molecular formula is C27H44N7O17P3S. The fourth-order valence-electron chi connectivity index (χ4n) is 4.67. The van der Waals surface area contributed by atoms with Crippen molar-refractivity contribution in [3.63, 3.8) is 0 Å². The molecular weight excluding hydrogens is 819 g/mol. The fourth-order valence-corrected chi connectivity index (χ4v) is 7.61. The molecule has 310 valence electrons. The number of nitrogens with zero attached hydrogens (tertiary/aromatic N) is 4. The average Bonchev–Trinajstić information content (AvgIpc) is 3.63. The standard InChI is InChI=1S/C27H44N7O17P3S/c1-14(2)5-6-15(35)23-32-22(28)18-24(33-23)34(13-31-18)26-19(37)20(50-52(40,41)42)16(49-26)11-47-53(43,44)51-54(45,46)48-12-27(3,4)21(38)25(39)30-8-7-17(36)29-9-10-55/h5-6,13-14,16,19-21,26,37-38,55H,7-12H2,1-4H3,(H,29,36)(H,30,39)(H,43,44)(H,45,46)(H2,28,32,33)(H2,40,41,42)/t16-,19-,20-,21?,26-/m1/s1. The number of allylic oxidation sites excluding steroid dienone is 2. The lowest BCUT2D eigenvalue weighted by Crippen LogP contribution is -2.46. The second-order valence-corrected chi connectivity index (χ2v) is 17.6. The second kappa shape index (κ2) is 19.2. The molecule has 0 radical (unpaired) electrons. The van der Waals surface area contributed by atoms with E-state index in [9.17, 15) is 57.9 Å². The highest BCUT2D eigenvalue weighted by Gasteiger charge is 2.50. The Bertz CT molecular complexity index is 1880. The number of phosphoric acid groups is 3. The lowest BCUT2D eigenvalue weighted by molar-refractivity contribution is -0.137. The number of anilines is 1. The zero-order chi connectivity index (χ0) is 41.5. The first-order chi connectivity index (χ1) is 25.4. The van der Waals surface area contributed by atoms with Gasteiger partial charge in [-0.3, -0.25) is 32.5 Å². The molecule has 0 aliphatic carbocycles. The van der Waals surface area contributed by atoms with Crippen molar-refractivity contribution in [3.8, 4) is 0 Å². The maximum Gasteiger partial charge on any atom is 0.481 e. The third kappa shape index (κ3) is 13.7. The van der Waals surface area contributed by atoms with Crippen LogP contribution in [0.4, 0.5) is 5.82 Å². The Kier molecular flexibility index (Phi) is 16.3. The van der Waals surface area contributed by atoms with Gasteiger partial charge in [-0.25, -0.2) is 28.6 Å². The summed E-state index contributed by atoms with van der Waals surface area (Å²) in [5.74, 6) is -2.18. The van der Waals surface area contributed by atoms with Gasteiger partial charge >= 0.3 is 23.5 Å². The van der Waals surface area contributed by atoms with Crippen molar-refractivity contribution in [3.05, 3.63) is 24.3 Å². The number of ketones is 1. The number of carbonyl (C=O) groups excluding carboxylic acids is 3. The number of thiol groups is 1. The van der Waals surface area contributed by atoms with Crippen LogP contribution >= 0.6 is 36.1 Å². The van der Waals surface area contributed by atoms with Gasteiger partial charge in [0.25, 0.3) is 0 Å². The Morgan fingerprint density at radius 2 is 1.75 bits per heavy atom. The van der Waals surface area contributed by atoms with Gasteiger partial charge in [0.05, 0.1) is 19.5 Å². The summed E-state index contributed by atoms with van der Waals surface area (Å²) < 4.78 is 62.3. The van der Waals surface area contributed by atoms with Crippen molar-refractivity contribution >= 4 is 70.7 Å². The molecule has 55 heavy (non-hydrogen) atoms. The highest BCUT2D eigenvalue weighted by Crippen LogP contribution is 2.61. The number of fused-ring (bicyclic) bond motifs is 1. The van der Waals surface area contributed by atoms with Crippen molar-refractivity contribution in [1.29, 1.82) is 0 Å². The van der Waals surface area contributed by atoms with Gasteiger partial charge in [-0.15, -0.1) is 0 Å². The van der Waals surface area contributed by atoms with Gasteiger partial charge in [-0.2, -0.15) is 16.9 Å². The van der Waals surface area contributed by atoms with Crippen LogP contribution in [-0.4, -0.2) is 123 Å². The predicted molar refractivity (Wildman–Crippen MR) is 192 cm³/mol. The molecule has 28 heteroatoms.